The molecule has 0 aliphatic heterocycles. The number of urea groups is 1. The third kappa shape index (κ3) is 32.8. The summed E-state index contributed by atoms with van der Waals surface area (Å²) in [7, 11) is 1.00. The average molecular weight is 222 g/mol. The number of hydrogen-bond donors (Lipinski definition) is 4. The summed E-state index contributed by atoms with van der Waals surface area (Å²) in [6.07, 6.45) is 1.92. The molecule has 0 unspecified atom stereocenters. The van der Waals surface area contributed by atoms with Crippen LogP contribution in [-0.2, 0) is 9.59 Å². The van der Waals surface area contributed by atoms with Gasteiger partial charge in [0.2, 0.25) is 0 Å². The molecule has 0 heterocycles. The van der Waals surface area contributed by atoms with E-state index in [-0.39, 0.29) is 12.5 Å². The van der Waals surface area contributed by atoms with Gasteiger partial charge in [0.25, 0.3) is 6.47 Å². The van der Waals surface area contributed by atoms with Gasteiger partial charge in [-0.25, -0.2) is 4.79 Å². The van der Waals surface area contributed by atoms with E-state index < -0.39 is 6.03 Å². The van der Waals surface area contributed by atoms with Crippen LogP contribution >= 0.6 is 0 Å². The van der Waals surface area contributed by atoms with E-state index in [0.29, 0.717) is 12.8 Å². The summed E-state index contributed by atoms with van der Waals surface area (Å²) in [4.78, 5) is 28.4. The topological polar surface area (TPSA) is 130 Å². The predicted octanol–water partition coefficient (Wildman–Crippen LogP) is -0.668. The molecular weight excluding hydrogens is 204 g/mol. The fourth-order valence-electron chi connectivity index (χ4n) is 0.633. The maximum Gasteiger partial charge on any atom is 0.312 e. The highest BCUT2D eigenvalue weighted by Gasteiger charge is 2.01. The molecule has 0 bridgehead atoms. The Balaban J connectivity index is -0.000000245. The van der Waals surface area contributed by atoms with Gasteiger partial charge < -0.3 is 26.1 Å². The zero-order chi connectivity index (χ0) is 12.7. The van der Waals surface area contributed by atoms with E-state index in [1.165, 1.54) is 0 Å². The molecule has 0 radical (unpaired) electrons. The van der Waals surface area contributed by atoms with Crippen molar-refractivity contribution in [2.24, 2.45) is 5.73 Å². The lowest BCUT2D eigenvalue weighted by Gasteiger charge is -2.08. The highest BCUT2D eigenvalue weighted by Crippen LogP contribution is 1.91. The van der Waals surface area contributed by atoms with Crippen LogP contribution in [0.5, 0.6) is 0 Å². The van der Waals surface area contributed by atoms with Gasteiger partial charge in [0, 0.05) is 19.6 Å². The van der Waals surface area contributed by atoms with Crippen LogP contribution in [0.2, 0.25) is 0 Å². The molecule has 5 N–H and O–H groups in total. The molecule has 0 aliphatic carbocycles. The number of aldehydes is 1. The first kappa shape index (κ1) is 19.0. The van der Waals surface area contributed by atoms with E-state index in [1.807, 2.05) is 0 Å². The average Bonchev–Trinajstić information content (AvgIpc) is 2.18. The van der Waals surface area contributed by atoms with Crippen LogP contribution < -0.4 is 11.1 Å². The Labute approximate surface area is 88.3 Å². The second-order valence-corrected chi connectivity index (χ2v) is 2.26. The summed E-state index contributed by atoms with van der Waals surface area (Å²) in [5, 5.41) is 16.3. The first-order valence-electron chi connectivity index (χ1n) is 4.10. The van der Waals surface area contributed by atoms with Crippen molar-refractivity contribution in [2.45, 2.75) is 25.8 Å². The van der Waals surface area contributed by atoms with Crippen molar-refractivity contribution in [1.29, 1.82) is 0 Å². The Morgan fingerprint density at radius 1 is 1.47 bits per heavy atom. The van der Waals surface area contributed by atoms with Gasteiger partial charge in [-0.05, 0) is 13.3 Å². The Kier molecular flexibility index (Phi) is 23.1. The summed E-state index contributed by atoms with van der Waals surface area (Å²) in [5.74, 6) is 0. The van der Waals surface area contributed by atoms with Gasteiger partial charge in [0.15, 0.2) is 0 Å². The Bertz CT molecular complexity index is 163. The number of carbonyl (C=O) groups is 3. The number of hydrogen-bond acceptors (Lipinski definition) is 4. The molecule has 2 amide bonds. The van der Waals surface area contributed by atoms with Crippen LogP contribution in [0.15, 0.2) is 0 Å². The third-order valence-corrected chi connectivity index (χ3v) is 1.11. The maximum atomic E-state index is 10.2. The fraction of sp³-hybridized carbons (Fsp3) is 0.625. The molecule has 0 rings (SSSR count). The minimum absolute atomic E-state index is 0.0114. The molecule has 1 atom stereocenters. The summed E-state index contributed by atoms with van der Waals surface area (Å²) < 4.78 is 0. The van der Waals surface area contributed by atoms with Crippen LogP contribution in [0, 0.1) is 0 Å². The number of aliphatic hydroxyl groups excluding tert-OH is 1. The molecule has 7 nitrogen and oxygen atoms in total. The summed E-state index contributed by atoms with van der Waals surface area (Å²) in [6, 6.07) is -0.555. The van der Waals surface area contributed by atoms with Gasteiger partial charge in [-0.3, -0.25) is 4.79 Å². The van der Waals surface area contributed by atoms with E-state index in [2.05, 4.69) is 5.32 Å². The van der Waals surface area contributed by atoms with E-state index in [0.717, 1.165) is 13.4 Å². The maximum absolute atomic E-state index is 10.2. The predicted molar refractivity (Wildman–Crippen MR) is 54.3 cm³/mol. The van der Waals surface area contributed by atoms with Gasteiger partial charge in [0.1, 0.15) is 6.29 Å². The lowest BCUT2D eigenvalue weighted by molar-refractivity contribution is -0.122. The molecule has 15 heavy (non-hydrogen) atoms. The second kappa shape index (κ2) is 18.2. The normalized spacial score (nSPS) is 9.27. The number of primary amides is 1. The highest BCUT2D eigenvalue weighted by atomic mass is 16.3. The van der Waals surface area contributed by atoms with Crippen molar-refractivity contribution < 1.29 is 24.6 Å². The van der Waals surface area contributed by atoms with E-state index in [1.54, 1.807) is 6.92 Å². The number of nitrogens with two attached hydrogens (primary N) is 1. The van der Waals surface area contributed by atoms with Crippen LogP contribution in [0.3, 0.4) is 0 Å². The Hall–Kier alpha value is -1.63. The lowest BCUT2D eigenvalue weighted by Crippen LogP contribution is -2.36. The molecule has 0 saturated heterocycles. The molecule has 0 aromatic rings. The van der Waals surface area contributed by atoms with Crippen LogP contribution in [-0.4, -0.2) is 42.2 Å². The number of aliphatic hydroxyl groups is 1. The van der Waals surface area contributed by atoms with E-state index in [4.69, 9.17) is 20.7 Å². The first-order valence-corrected chi connectivity index (χ1v) is 4.10. The minimum Gasteiger partial charge on any atom is -0.483 e. The zero-order valence-electron chi connectivity index (χ0n) is 8.84. The molecule has 0 aromatic carbocycles. The Morgan fingerprint density at radius 2 is 1.87 bits per heavy atom. The van der Waals surface area contributed by atoms with Crippen molar-refractivity contribution in [2.75, 3.05) is 7.11 Å². The van der Waals surface area contributed by atoms with Crippen molar-refractivity contribution in [3.8, 4) is 0 Å². The largest absolute Gasteiger partial charge is 0.483 e. The van der Waals surface area contributed by atoms with Crippen LogP contribution in [0.25, 0.3) is 0 Å². The molecule has 0 saturated carbocycles. The number of carboxylic acid groups (broad SMARTS) is 1. The van der Waals surface area contributed by atoms with Gasteiger partial charge >= 0.3 is 6.03 Å². The highest BCUT2D eigenvalue weighted by molar-refractivity contribution is 5.71. The number of carbonyl (C=O) groups excluding carboxylic acids is 2. The van der Waals surface area contributed by atoms with Crippen molar-refractivity contribution in [3.63, 3.8) is 0 Å². The van der Waals surface area contributed by atoms with Crippen molar-refractivity contribution in [1.82, 2.24) is 5.32 Å². The molecule has 0 aliphatic rings. The molecule has 7 heteroatoms. The van der Waals surface area contributed by atoms with Gasteiger partial charge in [-0.1, -0.05) is 0 Å². The summed E-state index contributed by atoms with van der Waals surface area (Å²) in [6.45, 7) is 1.55. The molecular formula is C8H18N2O5. The van der Waals surface area contributed by atoms with Crippen molar-refractivity contribution in [3.05, 3.63) is 0 Å². The van der Waals surface area contributed by atoms with E-state index in [9.17, 15) is 9.59 Å². The van der Waals surface area contributed by atoms with Crippen LogP contribution in [0.4, 0.5) is 4.79 Å². The smallest absolute Gasteiger partial charge is 0.312 e. The second-order valence-electron chi connectivity index (χ2n) is 2.26. The molecule has 0 fully saturated rings. The molecule has 0 spiro atoms. The van der Waals surface area contributed by atoms with Gasteiger partial charge in [-0.2, -0.15) is 0 Å². The summed E-state index contributed by atoms with van der Waals surface area (Å²) >= 11 is 0. The van der Waals surface area contributed by atoms with Crippen molar-refractivity contribution >= 4 is 18.8 Å². The Morgan fingerprint density at radius 3 is 2.13 bits per heavy atom. The number of rotatable bonds is 4. The van der Waals surface area contributed by atoms with E-state index >= 15 is 0 Å². The number of amides is 2. The standard InChI is InChI=1S/C6H12N2O2.CH2O2.CH4O/c1-5(3-2-4-9)8-6(7)10;2-1-3;1-2/h4-5H,2-3H2,1H3,(H3,7,8,10);1H,(H,2,3);2H,1H3/t5-;;/m1../s1. The zero-order valence-corrected chi connectivity index (χ0v) is 8.84. The van der Waals surface area contributed by atoms with Crippen LogP contribution in [0.1, 0.15) is 19.8 Å². The first-order chi connectivity index (χ1) is 7.08. The molecule has 90 valence electrons. The SMILES string of the molecule is CO.C[C@H](CCC=O)NC(N)=O.O=CO. The fourth-order valence-corrected chi connectivity index (χ4v) is 0.633. The van der Waals surface area contributed by atoms with Gasteiger partial charge in [0.05, 0.1) is 0 Å². The van der Waals surface area contributed by atoms with Gasteiger partial charge in [-0.15, -0.1) is 0 Å². The molecule has 0 aromatic heterocycles. The summed E-state index contributed by atoms with van der Waals surface area (Å²) in [5.41, 5.74) is 4.83. The third-order valence-electron chi connectivity index (χ3n) is 1.11. The number of nitrogens with one attached hydrogen (secondary N) is 1. The quantitative estimate of drug-likeness (QED) is 0.469. The minimum atomic E-state index is -0.543. The lowest BCUT2D eigenvalue weighted by atomic mass is 10.2. The monoisotopic (exact) mass is 222 g/mol.